The summed E-state index contributed by atoms with van der Waals surface area (Å²) in [5.74, 6) is -0.597. The standard InChI is InChI=1S/C17H14ClFN4O2S2/c1-9(7-24)8-25-14-5-11(18)10(4-12(14)19)15-21-22-16(27-15)13-6-23-2-3-26-17(23)20-13/h2-6,9,24H,7-8H2,1H3. The van der Waals surface area contributed by atoms with Gasteiger partial charge >= 0.3 is 0 Å². The summed E-state index contributed by atoms with van der Waals surface area (Å²) >= 11 is 9.13. The molecule has 1 aromatic carbocycles. The lowest BCUT2D eigenvalue weighted by atomic mass is 10.2. The lowest BCUT2D eigenvalue weighted by Gasteiger charge is -2.12. The Morgan fingerprint density at radius 1 is 1.33 bits per heavy atom. The highest BCUT2D eigenvalue weighted by Gasteiger charge is 2.17. The molecule has 1 unspecified atom stereocenters. The quantitative estimate of drug-likeness (QED) is 0.497. The minimum Gasteiger partial charge on any atom is -0.490 e. The summed E-state index contributed by atoms with van der Waals surface area (Å²) in [6.07, 6.45) is 3.79. The van der Waals surface area contributed by atoms with Crippen LogP contribution in [0.5, 0.6) is 5.75 Å². The number of ether oxygens (including phenoxy) is 1. The van der Waals surface area contributed by atoms with Crippen LogP contribution in [0.4, 0.5) is 4.39 Å². The third-order valence-electron chi connectivity index (χ3n) is 3.82. The molecule has 0 saturated heterocycles. The van der Waals surface area contributed by atoms with Gasteiger partial charge in [-0.3, -0.25) is 4.40 Å². The smallest absolute Gasteiger partial charge is 0.194 e. The number of nitrogens with zero attached hydrogens (tertiary/aromatic N) is 4. The zero-order valence-corrected chi connectivity index (χ0v) is 16.5. The maximum atomic E-state index is 14.4. The average molecular weight is 425 g/mol. The average Bonchev–Trinajstić information content (AvgIpc) is 3.36. The van der Waals surface area contributed by atoms with Crippen LogP contribution in [0, 0.1) is 11.7 Å². The second kappa shape index (κ2) is 7.51. The van der Waals surface area contributed by atoms with Crippen molar-refractivity contribution in [1.29, 1.82) is 0 Å². The normalized spacial score (nSPS) is 12.6. The van der Waals surface area contributed by atoms with Gasteiger partial charge in [-0.05, 0) is 6.07 Å². The predicted molar refractivity (Wildman–Crippen MR) is 104 cm³/mol. The highest BCUT2D eigenvalue weighted by atomic mass is 35.5. The molecule has 1 atom stereocenters. The molecule has 3 aromatic heterocycles. The van der Waals surface area contributed by atoms with Gasteiger partial charge in [0.2, 0.25) is 0 Å². The highest BCUT2D eigenvalue weighted by Crippen LogP contribution is 2.37. The number of halogens is 2. The maximum Gasteiger partial charge on any atom is 0.194 e. The summed E-state index contributed by atoms with van der Waals surface area (Å²) < 4.78 is 21.7. The Bertz CT molecular complexity index is 1070. The van der Waals surface area contributed by atoms with Crippen LogP contribution < -0.4 is 4.74 Å². The molecule has 27 heavy (non-hydrogen) atoms. The largest absolute Gasteiger partial charge is 0.490 e. The van der Waals surface area contributed by atoms with Gasteiger partial charge in [0.1, 0.15) is 10.7 Å². The van der Waals surface area contributed by atoms with Gasteiger partial charge in [-0.2, -0.15) is 0 Å². The van der Waals surface area contributed by atoms with E-state index < -0.39 is 5.82 Å². The number of hydrogen-bond donors (Lipinski definition) is 1. The number of fused-ring (bicyclic) bond motifs is 1. The van der Waals surface area contributed by atoms with Crippen molar-refractivity contribution in [3.05, 3.63) is 40.7 Å². The molecule has 0 bridgehead atoms. The van der Waals surface area contributed by atoms with Crippen molar-refractivity contribution >= 4 is 39.2 Å². The van der Waals surface area contributed by atoms with Gasteiger partial charge in [0.05, 0.1) is 11.6 Å². The van der Waals surface area contributed by atoms with Crippen molar-refractivity contribution in [2.75, 3.05) is 13.2 Å². The second-order valence-electron chi connectivity index (χ2n) is 5.99. The van der Waals surface area contributed by atoms with E-state index in [1.807, 2.05) is 22.2 Å². The number of aliphatic hydroxyl groups excluding tert-OH is 1. The number of imidazole rings is 1. The Kier molecular flexibility index (Phi) is 5.09. The summed E-state index contributed by atoms with van der Waals surface area (Å²) in [7, 11) is 0. The Balaban J connectivity index is 1.61. The summed E-state index contributed by atoms with van der Waals surface area (Å²) in [4.78, 5) is 5.36. The van der Waals surface area contributed by atoms with Crippen molar-refractivity contribution in [3.8, 4) is 27.0 Å². The van der Waals surface area contributed by atoms with Gasteiger partial charge in [0.15, 0.2) is 21.5 Å². The monoisotopic (exact) mass is 424 g/mol. The fourth-order valence-corrected chi connectivity index (χ4v) is 4.18. The number of thiazole rings is 1. The molecule has 0 aliphatic heterocycles. The van der Waals surface area contributed by atoms with Gasteiger partial charge in [-0.25, -0.2) is 9.37 Å². The number of aliphatic hydroxyl groups is 1. The van der Waals surface area contributed by atoms with Gasteiger partial charge in [0.25, 0.3) is 0 Å². The maximum absolute atomic E-state index is 14.4. The molecule has 0 saturated carbocycles. The zero-order chi connectivity index (χ0) is 19.0. The first-order valence-electron chi connectivity index (χ1n) is 8.04. The topological polar surface area (TPSA) is 72.5 Å². The molecule has 3 heterocycles. The molecular weight excluding hydrogens is 411 g/mol. The Morgan fingerprint density at radius 3 is 2.93 bits per heavy atom. The fraction of sp³-hybridized carbons (Fsp3) is 0.235. The molecule has 1 N–H and O–H groups in total. The summed E-state index contributed by atoms with van der Waals surface area (Å²) in [5, 5.41) is 20.7. The Morgan fingerprint density at radius 2 is 2.15 bits per heavy atom. The van der Waals surface area contributed by atoms with Crippen molar-refractivity contribution in [2.45, 2.75) is 6.92 Å². The van der Waals surface area contributed by atoms with Crippen molar-refractivity contribution in [2.24, 2.45) is 5.92 Å². The summed E-state index contributed by atoms with van der Waals surface area (Å²) in [6, 6.07) is 2.71. The van der Waals surface area contributed by atoms with Crippen LogP contribution in [-0.4, -0.2) is 37.9 Å². The molecule has 140 valence electrons. The SMILES string of the molecule is CC(CO)COc1cc(Cl)c(-c2nnc(-c3cn4ccsc4n3)s2)cc1F. The van der Waals surface area contributed by atoms with Gasteiger partial charge in [-0.15, -0.1) is 21.5 Å². The van der Waals surface area contributed by atoms with Crippen LogP contribution in [0.1, 0.15) is 6.92 Å². The van der Waals surface area contributed by atoms with Gasteiger partial charge < -0.3 is 9.84 Å². The van der Waals surface area contributed by atoms with E-state index in [9.17, 15) is 4.39 Å². The van der Waals surface area contributed by atoms with Crippen LogP contribution in [0.3, 0.4) is 0 Å². The summed E-state index contributed by atoms with van der Waals surface area (Å²) in [6.45, 7) is 1.97. The lowest BCUT2D eigenvalue weighted by molar-refractivity contribution is 0.171. The van der Waals surface area contributed by atoms with Crippen LogP contribution in [0.2, 0.25) is 5.02 Å². The first-order valence-corrected chi connectivity index (χ1v) is 10.1. The Hall–Kier alpha value is -2.07. The number of rotatable bonds is 6. The van der Waals surface area contributed by atoms with Crippen LogP contribution in [0.15, 0.2) is 29.9 Å². The molecule has 0 aliphatic carbocycles. The molecule has 0 aliphatic rings. The van der Waals surface area contributed by atoms with Crippen LogP contribution in [0.25, 0.3) is 26.2 Å². The molecule has 4 rings (SSSR count). The van der Waals surface area contributed by atoms with Crippen LogP contribution >= 0.6 is 34.3 Å². The number of hydrogen-bond acceptors (Lipinski definition) is 7. The van der Waals surface area contributed by atoms with E-state index in [1.165, 1.54) is 34.8 Å². The van der Waals surface area contributed by atoms with Gasteiger partial charge in [-0.1, -0.05) is 29.9 Å². The van der Waals surface area contributed by atoms with E-state index in [1.54, 1.807) is 6.92 Å². The Labute approximate surface area is 166 Å². The van der Waals surface area contributed by atoms with Crippen molar-refractivity contribution in [1.82, 2.24) is 19.6 Å². The minimum absolute atomic E-state index is 0.0350. The van der Waals surface area contributed by atoms with Gasteiger partial charge in [0, 0.05) is 41.9 Å². The van der Waals surface area contributed by atoms with Crippen molar-refractivity contribution in [3.63, 3.8) is 0 Å². The molecule has 0 amide bonds. The predicted octanol–water partition coefficient (Wildman–Crippen LogP) is 4.38. The number of aromatic nitrogens is 4. The lowest BCUT2D eigenvalue weighted by Crippen LogP contribution is -2.12. The minimum atomic E-state index is -0.543. The highest BCUT2D eigenvalue weighted by molar-refractivity contribution is 7.18. The first kappa shape index (κ1) is 18.3. The first-order chi connectivity index (χ1) is 13.0. The summed E-state index contributed by atoms with van der Waals surface area (Å²) in [5.41, 5.74) is 1.15. The third kappa shape index (κ3) is 3.68. The van der Waals surface area contributed by atoms with E-state index >= 15 is 0 Å². The van der Waals surface area contributed by atoms with E-state index in [-0.39, 0.29) is 24.9 Å². The zero-order valence-electron chi connectivity index (χ0n) is 14.1. The molecule has 6 nitrogen and oxygen atoms in total. The number of benzene rings is 1. The molecule has 10 heteroatoms. The molecular formula is C17H14ClFN4O2S2. The van der Waals surface area contributed by atoms with E-state index in [0.29, 0.717) is 26.3 Å². The molecule has 0 fully saturated rings. The molecule has 0 radical (unpaired) electrons. The molecule has 0 spiro atoms. The molecule has 4 aromatic rings. The fourth-order valence-electron chi connectivity index (χ4n) is 2.35. The third-order valence-corrected chi connectivity index (χ3v) is 5.89. The van der Waals surface area contributed by atoms with E-state index in [4.69, 9.17) is 21.4 Å². The van der Waals surface area contributed by atoms with Crippen LogP contribution in [-0.2, 0) is 0 Å². The van der Waals surface area contributed by atoms with E-state index in [2.05, 4.69) is 15.2 Å². The second-order valence-corrected chi connectivity index (χ2v) is 8.25. The van der Waals surface area contributed by atoms with E-state index in [0.717, 1.165) is 4.96 Å². The van der Waals surface area contributed by atoms with Crippen molar-refractivity contribution < 1.29 is 14.2 Å².